The van der Waals surface area contributed by atoms with Crippen molar-refractivity contribution in [3.05, 3.63) is 38.6 Å². The van der Waals surface area contributed by atoms with Crippen molar-refractivity contribution in [1.82, 2.24) is 4.98 Å². The highest BCUT2D eigenvalue weighted by atomic mass is 127. The lowest BCUT2D eigenvalue weighted by Gasteiger charge is -2.11. The molecule has 2 rings (SSSR count). The van der Waals surface area contributed by atoms with Gasteiger partial charge >= 0.3 is 0 Å². The van der Waals surface area contributed by atoms with E-state index in [1.165, 1.54) is 8.96 Å². The molecule has 78 valence electrons. The Morgan fingerprint density at radius 3 is 2.67 bits per heavy atom. The second-order valence-corrected chi connectivity index (χ2v) is 6.57. The summed E-state index contributed by atoms with van der Waals surface area (Å²) in [5.74, 6) is 0. The quantitative estimate of drug-likeness (QED) is 0.344. The van der Waals surface area contributed by atoms with Crippen LogP contribution in [0.15, 0.2) is 24.3 Å². The van der Waals surface area contributed by atoms with Crippen LogP contribution in [0.3, 0.4) is 0 Å². The predicted molar refractivity (Wildman–Crippen MR) is 81.9 cm³/mol. The summed E-state index contributed by atoms with van der Waals surface area (Å²) in [6.45, 7) is 2.13. The zero-order chi connectivity index (χ0) is 11.0. The Balaban J connectivity index is 2.84. The number of alkyl halides is 1. The fourth-order valence-electron chi connectivity index (χ4n) is 1.50. The molecule has 1 heterocycles. The van der Waals surface area contributed by atoms with Crippen molar-refractivity contribution in [2.45, 2.75) is 10.8 Å². The normalized spacial score (nSPS) is 13.1. The van der Waals surface area contributed by atoms with Crippen molar-refractivity contribution in [3.8, 4) is 0 Å². The van der Waals surface area contributed by atoms with Crippen LogP contribution in [0.5, 0.6) is 0 Å². The van der Waals surface area contributed by atoms with Crippen molar-refractivity contribution >= 4 is 67.7 Å². The lowest BCUT2D eigenvalue weighted by atomic mass is 10.1. The van der Waals surface area contributed by atoms with Gasteiger partial charge in [0.25, 0.3) is 0 Å². The van der Waals surface area contributed by atoms with E-state index in [0.29, 0.717) is 9.08 Å². The first-order chi connectivity index (χ1) is 7.11. The van der Waals surface area contributed by atoms with Crippen molar-refractivity contribution in [2.24, 2.45) is 0 Å². The van der Waals surface area contributed by atoms with Gasteiger partial charge in [-0.05, 0) is 35.6 Å². The molecule has 1 aromatic heterocycles. The number of rotatable bonds is 1. The van der Waals surface area contributed by atoms with Gasteiger partial charge in [-0.3, -0.25) is 0 Å². The van der Waals surface area contributed by atoms with Crippen LogP contribution in [0.4, 0.5) is 0 Å². The highest BCUT2D eigenvalue weighted by Gasteiger charge is 2.14. The van der Waals surface area contributed by atoms with Crippen molar-refractivity contribution in [3.63, 3.8) is 0 Å². The van der Waals surface area contributed by atoms with Crippen molar-refractivity contribution in [2.75, 3.05) is 0 Å². The minimum Gasteiger partial charge on any atom is -0.236 e. The maximum atomic E-state index is 6.18. The van der Waals surface area contributed by atoms with Crippen LogP contribution in [-0.2, 0) is 0 Å². The van der Waals surface area contributed by atoms with Crippen LogP contribution in [0.25, 0.3) is 10.9 Å². The van der Waals surface area contributed by atoms with Crippen LogP contribution in [0.2, 0.25) is 5.15 Å². The highest BCUT2D eigenvalue weighted by molar-refractivity contribution is 14.1. The smallest absolute Gasteiger partial charge is 0.135 e. The maximum Gasteiger partial charge on any atom is 0.135 e. The van der Waals surface area contributed by atoms with E-state index >= 15 is 0 Å². The first-order valence-corrected chi connectivity index (χ1v) is 7.19. The first-order valence-electron chi connectivity index (χ1n) is 4.49. The number of nitrogens with zero attached hydrogens (tertiary/aromatic N) is 1. The summed E-state index contributed by atoms with van der Waals surface area (Å²) >= 11 is 10.9. The number of aromatic nitrogens is 1. The van der Waals surface area contributed by atoms with Gasteiger partial charge < -0.3 is 0 Å². The van der Waals surface area contributed by atoms with Gasteiger partial charge in [0, 0.05) is 18.4 Å². The van der Waals surface area contributed by atoms with Crippen LogP contribution >= 0.6 is 56.8 Å². The van der Waals surface area contributed by atoms with E-state index in [2.05, 4.69) is 63.2 Å². The largest absolute Gasteiger partial charge is 0.236 e. The molecule has 1 nitrogen and oxygen atoms in total. The Kier molecular flexibility index (Phi) is 3.72. The summed E-state index contributed by atoms with van der Waals surface area (Å²) in [5, 5.41) is 1.81. The van der Waals surface area contributed by atoms with Gasteiger partial charge in [0.05, 0.1) is 5.52 Å². The molecule has 0 fully saturated rings. The molecule has 0 spiro atoms. The number of fused-ring (bicyclic) bond motifs is 1. The summed E-state index contributed by atoms with van der Waals surface area (Å²) in [7, 11) is 0. The number of hydrogen-bond donors (Lipinski definition) is 0. The van der Waals surface area contributed by atoms with Gasteiger partial charge in [-0.25, -0.2) is 4.98 Å². The minimum atomic E-state index is 0.374. The van der Waals surface area contributed by atoms with Gasteiger partial charge in [-0.15, -0.1) is 0 Å². The first kappa shape index (κ1) is 11.9. The second kappa shape index (κ2) is 4.71. The third-order valence-corrected chi connectivity index (χ3v) is 4.29. The number of pyridine rings is 1. The third-order valence-electron chi connectivity index (χ3n) is 2.22. The molecule has 1 aromatic carbocycles. The summed E-state index contributed by atoms with van der Waals surface area (Å²) in [6.07, 6.45) is 0. The second-order valence-electron chi connectivity index (χ2n) is 3.26. The van der Waals surface area contributed by atoms with Gasteiger partial charge in [0.15, 0.2) is 0 Å². The van der Waals surface area contributed by atoms with E-state index in [-0.39, 0.29) is 0 Å². The van der Waals surface area contributed by atoms with E-state index in [4.69, 9.17) is 11.6 Å². The molecule has 2 aromatic rings. The predicted octanol–water partition coefficient (Wildman–Crippen LogP) is 4.99. The van der Waals surface area contributed by atoms with Gasteiger partial charge in [-0.2, -0.15) is 0 Å². The molecule has 0 bridgehead atoms. The molecular formula is C11H8ClI2N. The SMILES string of the molecule is C[C@H](I)c1c(Cl)nc2ccccc2c1I. The van der Waals surface area contributed by atoms with E-state index < -0.39 is 0 Å². The zero-order valence-corrected chi connectivity index (χ0v) is 13.0. The van der Waals surface area contributed by atoms with Crippen LogP contribution < -0.4 is 0 Å². The Bertz CT molecular complexity index is 511. The van der Waals surface area contributed by atoms with E-state index in [1.54, 1.807) is 0 Å². The summed E-state index contributed by atoms with van der Waals surface area (Å²) in [6, 6.07) is 8.09. The number of benzene rings is 1. The van der Waals surface area contributed by atoms with Crippen LogP contribution in [-0.4, -0.2) is 4.98 Å². The molecule has 0 aliphatic heterocycles. The lowest BCUT2D eigenvalue weighted by molar-refractivity contribution is 1.11. The molecular weight excluding hydrogens is 435 g/mol. The van der Waals surface area contributed by atoms with Gasteiger partial charge in [0.2, 0.25) is 0 Å². The van der Waals surface area contributed by atoms with Crippen LogP contribution in [0, 0.1) is 3.57 Å². The molecule has 15 heavy (non-hydrogen) atoms. The van der Waals surface area contributed by atoms with E-state index in [9.17, 15) is 0 Å². The van der Waals surface area contributed by atoms with E-state index in [1.807, 2.05) is 18.2 Å². The zero-order valence-electron chi connectivity index (χ0n) is 7.97. The number of para-hydroxylation sites is 1. The summed E-state index contributed by atoms with van der Waals surface area (Å²) < 4.78 is 1.59. The molecule has 0 aliphatic rings. The molecule has 0 radical (unpaired) electrons. The molecule has 1 atom stereocenters. The number of hydrogen-bond acceptors (Lipinski definition) is 1. The molecule has 0 N–H and O–H groups in total. The minimum absolute atomic E-state index is 0.374. The topological polar surface area (TPSA) is 12.9 Å². The average molecular weight is 443 g/mol. The molecule has 4 heteroatoms. The third kappa shape index (κ3) is 2.24. The van der Waals surface area contributed by atoms with Crippen molar-refractivity contribution < 1.29 is 0 Å². The Labute approximate surface area is 121 Å². The van der Waals surface area contributed by atoms with Gasteiger partial charge in [-0.1, -0.05) is 52.4 Å². The molecule has 0 saturated carbocycles. The fraction of sp³-hybridized carbons (Fsp3) is 0.182. The monoisotopic (exact) mass is 443 g/mol. The fourth-order valence-corrected chi connectivity index (χ4v) is 4.57. The Morgan fingerprint density at radius 1 is 1.33 bits per heavy atom. The molecule has 0 aliphatic carbocycles. The van der Waals surface area contributed by atoms with Crippen LogP contribution in [0.1, 0.15) is 16.4 Å². The molecule has 0 saturated heterocycles. The number of halogens is 3. The maximum absolute atomic E-state index is 6.18. The summed E-state index contributed by atoms with van der Waals surface area (Å²) in [4.78, 5) is 4.41. The molecule has 0 unspecified atom stereocenters. The Hall–Kier alpha value is 0.380. The van der Waals surface area contributed by atoms with Gasteiger partial charge in [0.1, 0.15) is 5.15 Å². The standard InChI is InChI=1S/C11H8ClI2N/c1-6(13)9-10(14)7-4-2-3-5-8(7)15-11(9)12/h2-6H,1H3/t6-/m0/s1. The summed E-state index contributed by atoms with van der Waals surface area (Å²) in [5.41, 5.74) is 2.10. The van der Waals surface area contributed by atoms with E-state index in [0.717, 1.165) is 11.1 Å². The Morgan fingerprint density at radius 2 is 2.00 bits per heavy atom. The van der Waals surface area contributed by atoms with Crippen molar-refractivity contribution in [1.29, 1.82) is 0 Å². The lowest BCUT2D eigenvalue weighted by Crippen LogP contribution is -1.95. The average Bonchev–Trinajstić information content (AvgIpc) is 2.17. The highest BCUT2D eigenvalue weighted by Crippen LogP contribution is 2.35. The molecule has 0 amide bonds.